The summed E-state index contributed by atoms with van der Waals surface area (Å²) in [7, 11) is 0. The van der Waals surface area contributed by atoms with Crippen LogP contribution >= 0.6 is 12.2 Å². The van der Waals surface area contributed by atoms with Crippen molar-refractivity contribution >= 4 is 29.8 Å². The van der Waals surface area contributed by atoms with Crippen molar-refractivity contribution in [3.05, 3.63) is 87.3 Å². The first kappa shape index (κ1) is 21.6. The standard InChI is InChI=1S/C24H24N4O3S/c1-3-30-17-12-8-7-11-16(17)19-18(23(29)31-13-15-9-5-4-6-10-15)14(2)26-22-20(19)21(25)27-24(32)28-22/h4-12,19H,3,13H2,1-2H3,(H4,25,26,27,28,32). The molecule has 8 heteroatoms. The Hall–Kier alpha value is -3.65. The number of hydrogen-bond acceptors (Lipinski definition) is 7. The first-order valence-electron chi connectivity index (χ1n) is 10.3. The van der Waals surface area contributed by atoms with E-state index in [0.717, 1.165) is 11.1 Å². The van der Waals surface area contributed by atoms with E-state index in [2.05, 4.69) is 15.3 Å². The first-order chi connectivity index (χ1) is 15.5. The van der Waals surface area contributed by atoms with Gasteiger partial charge < -0.3 is 25.5 Å². The molecule has 1 aliphatic heterocycles. The van der Waals surface area contributed by atoms with Crippen molar-refractivity contribution < 1.29 is 14.3 Å². The fourth-order valence-corrected chi connectivity index (χ4v) is 4.08. The van der Waals surface area contributed by atoms with Crippen LogP contribution in [0.2, 0.25) is 0 Å². The number of carbonyl (C=O) groups is 1. The minimum absolute atomic E-state index is 0.161. The monoisotopic (exact) mass is 448 g/mol. The Morgan fingerprint density at radius 1 is 1.16 bits per heavy atom. The zero-order valence-electron chi connectivity index (χ0n) is 17.8. The lowest BCUT2D eigenvalue weighted by Crippen LogP contribution is -2.27. The summed E-state index contributed by atoms with van der Waals surface area (Å²) < 4.78 is 11.8. The Labute approximate surface area is 191 Å². The van der Waals surface area contributed by atoms with Crippen LogP contribution in [0.5, 0.6) is 5.75 Å². The summed E-state index contributed by atoms with van der Waals surface area (Å²) in [6, 6.07) is 17.1. The Kier molecular flexibility index (Phi) is 6.23. The van der Waals surface area contributed by atoms with Crippen molar-refractivity contribution in [3.63, 3.8) is 0 Å². The van der Waals surface area contributed by atoms with Gasteiger partial charge in [-0.15, -0.1) is 0 Å². The van der Waals surface area contributed by atoms with Gasteiger partial charge in [-0.25, -0.2) is 9.78 Å². The van der Waals surface area contributed by atoms with Crippen LogP contribution in [0, 0.1) is 4.77 Å². The molecule has 2 heterocycles. The highest BCUT2D eigenvalue weighted by molar-refractivity contribution is 7.71. The Morgan fingerprint density at radius 2 is 1.88 bits per heavy atom. The Bertz CT molecular complexity index is 1240. The minimum atomic E-state index is -0.545. The summed E-state index contributed by atoms with van der Waals surface area (Å²) in [5.41, 5.74) is 9.74. The molecular weight excluding hydrogens is 424 g/mol. The minimum Gasteiger partial charge on any atom is -0.494 e. The van der Waals surface area contributed by atoms with Gasteiger partial charge in [-0.1, -0.05) is 48.5 Å². The second-order valence-electron chi connectivity index (χ2n) is 7.35. The van der Waals surface area contributed by atoms with Crippen LogP contribution in [0.4, 0.5) is 11.6 Å². The number of para-hydroxylation sites is 1. The molecule has 0 saturated heterocycles. The molecule has 1 atom stereocenters. The van der Waals surface area contributed by atoms with E-state index in [9.17, 15) is 4.79 Å². The van der Waals surface area contributed by atoms with Crippen molar-refractivity contribution in [3.8, 4) is 5.75 Å². The molecule has 4 rings (SSSR count). The number of aromatic amines is 1. The van der Waals surface area contributed by atoms with Crippen LogP contribution in [-0.4, -0.2) is 22.5 Å². The average Bonchev–Trinajstić information content (AvgIpc) is 2.77. The van der Waals surface area contributed by atoms with Gasteiger partial charge in [0.25, 0.3) is 0 Å². The Morgan fingerprint density at radius 3 is 2.62 bits per heavy atom. The van der Waals surface area contributed by atoms with E-state index in [4.69, 9.17) is 27.4 Å². The zero-order chi connectivity index (χ0) is 22.7. The molecule has 7 nitrogen and oxygen atoms in total. The maximum absolute atomic E-state index is 13.4. The van der Waals surface area contributed by atoms with Gasteiger partial charge in [0, 0.05) is 16.8 Å². The summed E-state index contributed by atoms with van der Waals surface area (Å²) in [6.45, 7) is 4.37. The molecule has 32 heavy (non-hydrogen) atoms. The molecule has 0 fully saturated rings. The largest absolute Gasteiger partial charge is 0.494 e. The molecule has 0 spiro atoms. The van der Waals surface area contributed by atoms with Crippen LogP contribution in [0.15, 0.2) is 65.9 Å². The predicted molar refractivity (Wildman–Crippen MR) is 126 cm³/mol. The SMILES string of the molecule is CCOc1ccccc1C1C(C(=O)OCc2ccccc2)=C(C)Nc2nc(=S)[nH]c(N)c21. The van der Waals surface area contributed by atoms with E-state index < -0.39 is 11.9 Å². The maximum Gasteiger partial charge on any atom is 0.337 e. The van der Waals surface area contributed by atoms with Gasteiger partial charge >= 0.3 is 5.97 Å². The van der Waals surface area contributed by atoms with Gasteiger partial charge in [-0.2, -0.15) is 0 Å². The molecule has 4 N–H and O–H groups in total. The number of nitrogens with two attached hydrogens (primary N) is 1. The van der Waals surface area contributed by atoms with Gasteiger partial charge in [0.15, 0.2) is 4.77 Å². The lowest BCUT2D eigenvalue weighted by molar-refractivity contribution is -0.140. The number of ether oxygens (including phenoxy) is 2. The number of nitrogens with zero attached hydrogens (tertiary/aromatic N) is 1. The van der Waals surface area contributed by atoms with Gasteiger partial charge in [0.05, 0.1) is 18.1 Å². The molecule has 0 amide bonds. The second-order valence-corrected chi connectivity index (χ2v) is 7.73. The van der Waals surface area contributed by atoms with Gasteiger partial charge in [-0.05, 0) is 37.7 Å². The number of nitrogens with one attached hydrogen (secondary N) is 2. The summed E-state index contributed by atoms with van der Waals surface area (Å²) in [6.07, 6.45) is 0. The number of aromatic nitrogens is 2. The number of rotatable bonds is 6. The van der Waals surface area contributed by atoms with Crippen LogP contribution in [-0.2, 0) is 16.1 Å². The van der Waals surface area contributed by atoms with Gasteiger partial charge in [-0.3, -0.25) is 0 Å². The fraction of sp³-hybridized carbons (Fsp3) is 0.208. The van der Waals surface area contributed by atoms with E-state index in [1.54, 1.807) is 0 Å². The second kappa shape index (κ2) is 9.23. The van der Waals surface area contributed by atoms with Crippen LogP contribution < -0.4 is 15.8 Å². The van der Waals surface area contributed by atoms with Crippen LogP contribution in [0.25, 0.3) is 0 Å². The molecule has 1 aliphatic rings. The summed E-state index contributed by atoms with van der Waals surface area (Å²) in [5.74, 6) is 0.527. The number of fused-ring (bicyclic) bond motifs is 1. The smallest absolute Gasteiger partial charge is 0.337 e. The number of H-pyrrole nitrogens is 1. The summed E-state index contributed by atoms with van der Waals surface area (Å²) in [5, 5.41) is 3.18. The average molecular weight is 449 g/mol. The highest BCUT2D eigenvalue weighted by atomic mass is 32.1. The van der Waals surface area contributed by atoms with E-state index in [1.807, 2.05) is 68.4 Å². The van der Waals surface area contributed by atoms with Crippen molar-refractivity contribution in [2.45, 2.75) is 26.4 Å². The lowest BCUT2D eigenvalue weighted by Gasteiger charge is -2.31. The molecule has 2 aromatic carbocycles. The van der Waals surface area contributed by atoms with Gasteiger partial charge in [0.2, 0.25) is 0 Å². The third-order valence-corrected chi connectivity index (χ3v) is 5.44. The third kappa shape index (κ3) is 4.22. The normalized spacial score (nSPS) is 15.0. The van der Waals surface area contributed by atoms with Crippen LogP contribution in [0.1, 0.15) is 36.5 Å². The number of benzene rings is 2. The quantitative estimate of drug-likeness (QED) is 0.371. The molecule has 1 unspecified atom stereocenters. The summed E-state index contributed by atoms with van der Waals surface area (Å²) >= 11 is 5.20. The molecule has 0 radical (unpaired) electrons. The maximum atomic E-state index is 13.4. The number of hydrogen-bond donors (Lipinski definition) is 3. The molecule has 1 aromatic heterocycles. The summed E-state index contributed by atoms with van der Waals surface area (Å²) in [4.78, 5) is 20.7. The van der Waals surface area contributed by atoms with E-state index in [-0.39, 0.29) is 11.4 Å². The van der Waals surface area contributed by atoms with Crippen LogP contribution in [0.3, 0.4) is 0 Å². The molecule has 0 saturated carbocycles. The van der Waals surface area contributed by atoms with Crippen molar-refractivity contribution in [2.75, 3.05) is 17.7 Å². The molecule has 3 aromatic rings. The van der Waals surface area contributed by atoms with Crippen molar-refractivity contribution in [1.29, 1.82) is 0 Å². The number of nitrogen functional groups attached to an aromatic ring is 1. The Balaban J connectivity index is 1.82. The third-order valence-electron chi connectivity index (χ3n) is 5.25. The van der Waals surface area contributed by atoms with Gasteiger partial charge in [0.1, 0.15) is 24.0 Å². The van der Waals surface area contributed by atoms with Crippen molar-refractivity contribution in [2.24, 2.45) is 0 Å². The van der Waals surface area contributed by atoms with E-state index >= 15 is 0 Å². The number of esters is 1. The molecular formula is C24H24N4O3S. The number of anilines is 2. The number of carbonyl (C=O) groups excluding carboxylic acids is 1. The first-order valence-corrected chi connectivity index (χ1v) is 10.7. The number of allylic oxidation sites excluding steroid dienone is 1. The highest BCUT2D eigenvalue weighted by Gasteiger charge is 2.37. The fourth-order valence-electron chi connectivity index (χ4n) is 3.88. The highest BCUT2D eigenvalue weighted by Crippen LogP contribution is 2.46. The lowest BCUT2D eigenvalue weighted by atomic mass is 9.81. The molecule has 0 aliphatic carbocycles. The van der Waals surface area contributed by atoms with E-state index in [0.29, 0.717) is 40.8 Å². The molecule has 0 bridgehead atoms. The predicted octanol–water partition coefficient (Wildman–Crippen LogP) is 4.69. The molecule has 164 valence electrons. The van der Waals surface area contributed by atoms with Crippen molar-refractivity contribution in [1.82, 2.24) is 9.97 Å². The van der Waals surface area contributed by atoms with E-state index in [1.165, 1.54) is 0 Å². The zero-order valence-corrected chi connectivity index (χ0v) is 18.7. The topological polar surface area (TPSA) is 102 Å².